The highest BCUT2D eigenvalue weighted by Gasteiger charge is 2.43. The second-order valence-electron chi connectivity index (χ2n) is 21.7. The third-order valence-corrected chi connectivity index (χ3v) is 16.6. The van der Waals surface area contributed by atoms with Gasteiger partial charge in [0.1, 0.15) is 48.8 Å². The minimum absolute atomic E-state index is 0.0115. The number of rotatable bonds is 24. The normalized spacial score (nSPS) is 21.3. The number of fused-ring (bicyclic) bond motifs is 2. The molecule has 2 fully saturated rings. The van der Waals surface area contributed by atoms with Crippen LogP contribution in [0.25, 0.3) is 0 Å². The van der Waals surface area contributed by atoms with E-state index < -0.39 is 76.5 Å². The molecule has 2 saturated heterocycles. The molecular formula is C63H71F2N5O11S. The first kappa shape index (κ1) is 60.8. The van der Waals surface area contributed by atoms with Gasteiger partial charge in [0.15, 0.2) is 5.78 Å². The molecule has 0 radical (unpaired) electrons. The smallest absolute Gasteiger partial charge is 0.360 e. The van der Waals surface area contributed by atoms with Crippen LogP contribution in [-0.2, 0) is 74.4 Å². The number of nitrogens with one attached hydrogen (secondary N) is 3. The Balaban J connectivity index is 0.871. The Labute approximate surface area is 479 Å². The number of hydrogen-bond donors (Lipinski definition) is 3. The number of likely N-dealkylation sites (N-methyl/N-ethyl adjacent to an activating group) is 1. The fourth-order valence-corrected chi connectivity index (χ4v) is 11.9. The summed E-state index contributed by atoms with van der Waals surface area (Å²) in [5, 5.41) is 8.97. The van der Waals surface area contributed by atoms with Crippen molar-refractivity contribution in [1.29, 1.82) is 0 Å². The zero-order valence-corrected chi connectivity index (χ0v) is 47.5. The Morgan fingerprint density at radius 3 is 1.94 bits per heavy atom. The van der Waals surface area contributed by atoms with Crippen LogP contribution in [0.4, 0.5) is 8.28 Å². The first-order valence-corrected chi connectivity index (χ1v) is 29.5. The first-order valence-electron chi connectivity index (χ1n) is 28.2. The molecule has 4 aromatic carbocycles. The van der Waals surface area contributed by atoms with Crippen molar-refractivity contribution in [3.63, 3.8) is 0 Å². The molecule has 8 rings (SSSR count). The van der Waals surface area contributed by atoms with Gasteiger partial charge < -0.3 is 39.4 Å². The van der Waals surface area contributed by atoms with Gasteiger partial charge in [0.2, 0.25) is 23.6 Å². The zero-order valence-electron chi connectivity index (χ0n) is 46.7. The highest BCUT2D eigenvalue weighted by atomic mass is 32.3. The first-order chi connectivity index (χ1) is 39.4. The summed E-state index contributed by atoms with van der Waals surface area (Å²) in [5.41, 5.74) is 5.21. The van der Waals surface area contributed by atoms with Gasteiger partial charge in [-0.25, -0.2) is 4.39 Å². The molecular weight excluding hydrogens is 1070 g/mol. The molecule has 0 aromatic heterocycles. The van der Waals surface area contributed by atoms with Gasteiger partial charge in [-0.2, -0.15) is 8.42 Å². The lowest BCUT2D eigenvalue weighted by atomic mass is 9.89. The highest BCUT2D eigenvalue weighted by molar-refractivity contribution is 7.81. The summed E-state index contributed by atoms with van der Waals surface area (Å²) in [6.07, 6.45) is 3.15. The van der Waals surface area contributed by atoms with E-state index in [0.717, 1.165) is 27.8 Å². The number of halogens is 2. The van der Waals surface area contributed by atoms with Crippen molar-refractivity contribution < 1.29 is 59.1 Å². The molecule has 2 heterocycles. The van der Waals surface area contributed by atoms with Crippen molar-refractivity contribution in [1.82, 2.24) is 25.8 Å². The van der Waals surface area contributed by atoms with Crippen molar-refractivity contribution in [2.45, 2.75) is 134 Å². The minimum Gasteiger partial charge on any atom is -0.360 e. The Hall–Kier alpha value is -7.29. The molecule has 16 nitrogen and oxygen atoms in total. The molecule has 2 aliphatic heterocycles. The summed E-state index contributed by atoms with van der Waals surface area (Å²) >= 11 is 0. The van der Waals surface area contributed by atoms with Crippen LogP contribution in [0.3, 0.4) is 0 Å². The van der Waals surface area contributed by atoms with Gasteiger partial charge in [0.25, 0.3) is 0 Å². The lowest BCUT2D eigenvalue weighted by molar-refractivity contribution is -0.143. The van der Waals surface area contributed by atoms with E-state index in [1.165, 1.54) is 41.3 Å². The monoisotopic (exact) mass is 1140 g/mol. The number of carbonyl (C=O) groups is 6. The van der Waals surface area contributed by atoms with Gasteiger partial charge in [-0.15, -0.1) is 0 Å². The van der Waals surface area contributed by atoms with Crippen LogP contribution in [-0.4, -0.2) is 117 Å². The number of Topliss-reactive ketones (excluding diaryl/α,β-unsaturated/α-hetero) is 2. The molecule has 4 aliphatic rings. The Bertz CT molecular complexity index is 3210. The van der Waals surface area contributed by atoms with Crippen LogP contribution in [0, 0.1) is 47.3 Å². The number of hydrogen-bond acceptors (Lipinski definition) is 12. The van der Waals surface area contributed by atoms with E-state index in [1.54, 1.807) is 37.9 Å². The van der Waals surface area contributed by atoms with E-state index in [1.807, 2.05) is 55.5 Å². The fourth-order valence-electron chi connectivity index (χ4n) is 11.6. The number of ether oxygens (including phenoxy) is 2. The third-order valence-electron chi connectivity index (χ3n) is 16.2. The molecule has 4 aromatic rings. The number of likely N-dealkylation sites (tertiary alicyclic amines) is 2. The second-order valence-corrected chi connectivity index (χ2v) is 22.7. The SMILES string of the molecule is CC[C@@H](C)C(=O)N[C@@H](Cc1ccc(OS(=O)(=O)F)cc1)C(=O)N1CCC[C@H]1C(=O)N[C@@H]1Cc2ccccc2[C@@H]1OCC#CC#CCO[C@H]1c2ccccc2C[C@H]1CC(=O)[C@@H]1CCCN1C(=O)[C@@H](CC(=O)[C@H](C)NC)Cc1ccc(F)cc1. The van der Waals surface area contributed by atoms with Crippen LogP contribution in [0.2, 0.25) is 0 Å². The number of carbonyl (C=O) groups excluding carboxylic acids is 6. The van der Waals surface area contributed by atoms with Crippen molar-refractivity contribution in [3.8, 4) is 29.4 Å². The molecule has 0 unspecified atom stereocenters. The topological polar surface area (TPSA) is 207 Å². The van der Waals surface area contributed by atoms with Crippen LogP contribution in [0.5, 0.6) is 5.75 Å². The molecule has 0 spiro atoms. The van der Waals surface area contributed by atoms with Crippen molar-refractivity contribution in [2.75, 3.05) is 33.4 Å². The molecule has 0 bridgehead atoms. The molecule has 4 amide bonds. The minimum atomic E-state index is -5.25. The van der Waals surface area contributed by atoms with Gasteiger partial charge in [-0.3, -0.25) is 28.8 Å². The summed E-state index contributed by atoms with van der Waals surface area (Å²) in [7, 11) is -3.56. The van der Waals surface area contributed by atoms with Gasteiger partial charge in [0.05, 0.1) is 24.2 Å². The van der Waals surface area contributed by atoms with Crippen LogP contribution >= 0.6 is 0 Å². The highest BCUT2D eigenvalue weighted by Crippen LogP contribution is 2.42. The fraction of sp³-hybridized carbons (Fsp3) is 0.460. The summed E-state index contributed by atoms with van der Waals surface area (Å²) in [6.45, 7) is 6.05. The van der Waals surface area contributed by atoms with Crippen LogP contribution in [0.1, 0.15) is 111 Å². The Morgan fingerprint density at radius 2 is 1.30 bits per heavy atom. The molecule has 2 aliphatic carbocycles. The predicted octanol–water partition coefficient (Wildman–Crippen LogP) is 6.60. The predicted molar refractivity (Wildman–Crippen MR) is 302 cm³/mol. The number of ketones is 2. The van der Waals surface area contributed by atoms with E-state index in [2.05, 4.69) is 43.8 Å². The maximum absolute atomic E-state index is 14.3. The molecule has 434 valence electrons. The van der Waals surface area contributed by atoms with Gasteiger partial charge >= 0.3 is 10.5 Å². The summed E-state index contributed by atoms with van der Waals surface area (Å²) in [4.78, 5) is 86.6. The second kappa shape index (κ2) is 28.1. The largest absolute Gasteiger partial charge is 0.488 e. The Morgan fingerprint density at radius 1 is 0.732 bits per heavy atom. The van der Waals surface area contributed by atoms with E-state index in [0.29, 0.717) is 57.1 Å². The maximum atomic E-state index is 14.3. The average Bonchev–Trinajstić information content (AvgIpc) is 4.40. The number of amides is 4. The van der Waals surface area contributed by atoms with E-state index in [-0.39, 0.29) is 86.4 Å². The lowest BCUT2D eigenvalue weighted by Gasteiger charge is -2.31. The molecule has 10 atom stereocenters. The summed E-state index contributed by atoms with van der Waals surface area (Å²) in [5.74, 6) is 8.09. The standard InChI is InChI=1S/C63H71F2N5O11S/c1-5-40(2)60(73)68-53(35-43-24-28-49(29-25-43)81-82(65,77)78)63(76)70-31-15-21-55(70)61(74)67-52-37-45-17-9-11-19-51(45)59(52)80-33-13-7-6-12-32-79-58-46(36-44-16-8-10-18-50(44)58)38-57(72)54-20-14-30-69(54)62(75)47(39-56(71)41(3)66-4)34-42-22-26-48(64)27-23-42/h8-11,16-19,22-29,40-41,46-47,52-55,58-59,66H,5,14-15,20-21,30-39H2,1-4H3,(H,67,74)(H,68,73)/t40-,41+,46+,47-,52-,53+,54+,55+,58-,59+/m1/s1. The Kier molecular flexibility index (Phi) is 20.9. The van der Waals surface area contributed by atoms with Gasteiger partial charge in [-0.1, -0.05) is 102 Å². The number of benzene rings is 4. The van der Waals surface area contributed by atoms with Crippen molar-refractivity contribution in [2.24, 2.45) is 17.8 Å². The zero-order chi connectivity index (χ0) is 58.5. The van der Waals surface area contributed by atoms with E-state index in [9.17, 15) is 45.5 Å². The molecule has 82 heavy (non-hydrogen) atoms. The van der Waals surface area contributed by atoms with Crippen molar-refractivity contribution in [3.05, 3.63) is 136 Å². The number of nitrogens with zero attached hydrogens (tertiary/aromatic N) is 2. The quantitative estimate of drug-likeness (QED) is 0.0502. The lowest BCUT2D eigenvalue weighted by Crippen LogP contribution is -2.56. The third kappa shape index (κ3) is 15.6. The maximum Gasteiger partial charge on any atom is 0.488 e. The molecule has 3 N–H and O–H groups in total. The summed E-state index contributed by atoms with van der Waals surface area (Å²) in [6, 6.07) is 23.5. The van der Waals surface area contributed by atoms with E-state index >= 15 is 0 Å². The van der Waals surface area contributed by atoms with Crippen LogP contribution < -0.4 is 20.1 Å². The van der Waals surface area contributed by atoms with E-state index in [4.69, 9.17) is 9.47 Å². The van der Waals surface area contributed by atoms with Crippen LogP contribution in [0.15, 0.2) is 97.1 Å². The summed E-state index contributed by atoms with van der Waals surface area (Å²) < 4.78 is 66.0. The van der Waals surface area contributed by atoms with Crippen molar-refractivity contribution >= 4 is 45.7 Å². The molecule has 0 saturated carbocycles. The van der Waals surface area contributed by atoms with Gasteiger partial charge in [-0.05, 0) is 135 Å². The average molecular weight is 1140 g/mol. The van der Waals surface area contributed by atoms with Gasteiger partial charge in [0, 0.05) is 50.1 Å². The molecule has 19 heteroatoms.